The van der Waals surface area contributed by atoms with E-state index in [2.05, 4.69) is 58.1 Å². The highest BCUT2D eigenvalue weighted by Crippen LogP contribution is 2.23. The van der Waals surface area contributed by atoms with Crippen molar-refractivity contribution >= 4 is 17.6 Å². The number of nitrogens with one attached hydrogen (secondary N) is 2. The van der Waals surface area contributed by atoms with E-state index in [4.69, 9.17) is 9.97 Å². The Morgan fingerprint density at radius 2 is 1.84 bits per heavy atom. The van der Waals surface area contributed by atoms with E-state index in [0.717, 1.165) is 61.0 Å². The van der Waals surface area contributed by atoms with E-state index in [-0.39, 0.29) is 6.61 Å². The Balaban J connectivity index is 1.51. The molecule has 0 bridgehead atoms. The fourth-order valence-electron chi connectivity index (χ4n) is 3.64. The Hall–Kier alpha value is -3.45. The van der Waals surface area contributed by atoms with Crippen LogP contribution in [0, 0.1) is 0 Å². The zero-order valence-corrected chi connectivity index (χ0v) is 18.5. The molecule has 0 saturated heterocycles. The van der Waals surface area contributed by atoms with E-state index in [1.807, 2.05) is 30.1 Å². The monoisotopic (exact) mass is 430 g/mol. The first-order valence-corrected chi connectivity index (χ1v) is 11.1. The predicted octanol–water partition coefficient (Wildman–Crippen LogP) is 3.12. The van der Waals surface area contributed by atoms with Crippen LogP contribution in [0.15, 0.2) is 65.7 Å². The Morgan fingerprint density at radius 3 is 2.56 bits per heavy atom. The van der Waals surface area contributed by atoms with E-state index in [0.29, 0.717) is 12.5 Å². The number of benzene rings is 2. The molecule has 0 spiro atoms. The molecule has 1 aliphatic rings. The number of likely N-dealkylation sites (N-methyl/N-ethyl adjacent to an activating group) is 1. The molecule has 0 fully saturated rings. The van der Waals surface area contributed by atoms with Crippen LogP contribution in [0.25, 0.3) is 11.3 Å². The summed E-state index contributed by atoms with van der Waals surface area (Å²) in [6.45, 7) is 2.23. The topological polar surface area (TPSA) is 85.7 Å². The molecule has 4 rings (SSSR count). The van der Waals surface area contributed by atoms with Crippen LogP contribution >= 0.6 is 0 Å². The minimum Gasteiger partial charge on any atom is -0.395 e. The van der Waals surface area contributed by atoms with E-state index in [1.165, 1.54) is 5.56 Å². The molecular formula is C25H30N6O. The van der Waals surface area contributed by atoms with Crippen LogP contribution < -0.4 is 15.5 Å². The number of hydrogen-bond donors (Lipinski definition) is 3. The van der Waals surface area contributed by atoms with Crippen molar-refractivity contribution < 1.29 is 5.11 Å². The van der Waals surface area contributed by atoms with Crippen molar-refractivity contribution in [2.45, 2.75) is 19.3 Å². The Kier molecular flexibility index (Phi) is 7.30. The number of nitrogens with zero attached hydrogens (tertiary/aromatic N) is 4. The molecule has 7 nitrogen and oxygen atoms in total. The van der Waals surface area contributed by atoms with Crippen molar-refractivity contribution in [3.05, 3.63) is 71.9 Å². The number of aliphatic imine (C=N–C) groups is 1. The van der Waals surface area contributed by atoms with Crippen molar-refractivity contribution in [2.75, 3.05) is 43.5 Å². The fraction of sp³-hybridized carbons (Fsp3) is 0.320. The minimum absolute atomic E-state index is 0.0612. The number of aliphatic hydroxyl groups is 1. The van der Waals surface area contributed by atoms with Gasteiger partial charge >= 0.3 is 0 Å². The second-order valence-corrected chi connectivity index (χ2v) is 7.89. The lowest BCUT2D eigenvalue weighted by atomic mass is 10.1. The molecule has 7 heteroatoms. The fourth-order valence-corrected chi connectivity index (χ4v) is 3.64. The van der Waals surface area contributed by atoms with Crippen LogP contribution in [-0.2, 0) is 12.8 Å². The quantitative estimate of drug-likeness (QED) is 0.484. The largest absolute Gasteiger partial charge is 0.395 e. The van der Waals surface area contributed by atoms with Crippen molar-refractivity contribution in [3.63, 3.8) is 0 Å². The van der Waals surface area contributed by atoms with Crippen LogP contribution in [0.2, 0.25) is 0 Å². The van der Waals surface area contributed by atoms with Crippen LogP contribution in [-0.4, -0.2) is 54.3 Å². The molecule has 2 heterocycles. The molecule has 0 aliphatic carbocycles. The summed E-state index contributed by atoms with van der Waals surface area (Å²) in [7, 11) is 1.91. The average molecular weight is 431 g/mol. The molecule has 0 unspecified atom stereocenters. The van der Waals surface area contributed by atoms with E-state index >= 15 is 0 Å². The first-order valence-electron chi connectivity index (χ1n) is 11.1. The van der Waals surface area contributed by atoms with Crippen LogP contribution in [0.3, 0.4) is 0 Å². The zero-order chi connectivity index (χ0) is 22.2. The summed E-state index contributed by atoms with van der Waals surface area (Å²) < 4.78 is 0. The maximum Gasteiger partial charge on any atom is 0.225 e. The van der Waals surface area contributed by atoms with Gasteiger partial charge in [0, 0.05) is 37.1 Å². The summed E-state index contributed by atoms with van der Waals surface area (Å²) >= 11 is 0. The third-order valence-electron chi connectivity index (χ3n) is 5.40. The molecule has 0 amide bonds. The maximum absolute atomic E-state index is 9.35. The summed E-state index contributed by atoms with van der Waals surface area (Å²) in [5.41, 5.74) is 5.25. The molecule has 1 aliphatic heterocycles. The van der Waals surface area contributed by atoms with E-state index < -0.39 is 0 Å². The van der Waals surface area contributed by atoms with Crippen LogP contribution in [0.4, 0.5) is 11.6 Å². The molecule has 0 radical (unpaired) electrons. The van der Waals surface area contributed by atoms with Gasteiger partial charge in [0.15, 0.2) is 5.96 Å². The molecule has 0 atom stereocenters. The first kappa shape index (κ1) is 21.8. The summed E-state index contributed by atoms with van der Waals surface area (Å²) in [6.07, 6.45) is 2.90. The second-order valence-electron chi connectivity index (χ2n) is 7.89. The highest BCUT2D eigenvalue weighted by atomic mass is 16.3. The van der Waals surface area contributed by atoms with Gasteiger partial charge < -0.3 is 20.6 Å². The number of aryl methyl sites for hydroxylation is 2. The normalized spacial score (nSPS) is 12.9. The van der Waals surface area contributed by atoms with Gasteiger partial charge in [-0.3, -0.25) is 4.99 Å². The maximum atomic E-state index is 9.35. The number of guanidine groups is 1. The summed E-state index contributed by atoms with van der Waals surface area (Å²) in [4.78, 5) is 15.8. The van der Waals surface area contributed by atoms with Gasteiger partial charge in [-0.1, -0.05) is 42.5 Å². The van der Waals surface area contributed by atoms with Crippen LogP contribution in [0.1, 0.15) is 17.7 Å². The van der Waals surface area contributed by atoms with Gasteiger partial charge in [-0.2, -0.15) is 0 Å². The standard InChI is InChI=1S/C25H30N6O/c1-31(16-17-32)25-29-22(9-5-8-19-6-3-2-4-7-19)18-23(30-25)20-10-12-21(13-11-20)28-24-26-14-15-27-24/h2-4,6-7,10-13,18,32H,5,8-9,14-17H2,1H3,(H2,26,27,28). The minimum atomic E-state index is 0.0612. The van der Waals surface area contributed by atoms with Crippen molar-refractivity contribution in [1.82, 2.24) is 15.3 Å². The number of aromatic nitrogens is 2. The van der Waals surface area contributed by atoms with Crippen LogP contribution in [0.5, 0.6) is 0 Å². The van der Waals surface area contributed by atoms with Crippen molar-refractivity contribution in [3.8, 4) is 11.3 Å². The highest BCUT2D eigenvalue weighted by molar-refractivity contribution is 5.94. The predicted molar refractivity (Wildman–Crippen MR) is 130 cm³/mol. The highest BCUT2D eigenvalue weighted by Gasteiger charge is 2.11. The van der Waals surface area contributed by atoms with Crippen molar-refractivity contribution in [1.29, 1.82) is 0 Å². The first-order chi connectivity index (χ1) is 15.7. The summed E-state index contributed by atoms with van der Waals surface area (Å²) in [5, 5.41) is 15.9. The summed E-state index contributed by atoms with van der Waals surface area (Å²) in [5.74, 6) is 1.45. The SMILES string of the molecule is CN(CCO)c1nc(CCCc2ccccc2)cc(-c2ccc(NC3=NCCN3)cc2)n1. The smallest absolute Gasteiger partial charge is 0.225 e. The summed E-state index contributed by atoms with van der Waals surface area (Å²) in [6, 6.07) is 20.8. The number of aliphatic hydroxyl groups excluding tert-OH is 1. The van der Waals surface area contributed by atoms with Gasteiger partial charge in [-0.25, -0.2) is 9.97 Å². The van der Waals surface area contributed by atoms with Gasteiger partial charge in [0.05, 0.1) is 18.8 Å². The van der Waals surface area contributed by atoms with Gasteiger partial charge in [-0.05, 0) is 43.0 Å². The number of rotatable bonds is 9. The molecule has 1 aromatic heterocycles. The molecule has 3 N–H and O–H groups in total. The van der Waals surface area contributed by atoms with Crippen molar-refractivity contribution in [2.24, 2.45) is 4.99 Å². The number of hydrogen-bond acceptors (Lipinski definition) is 7. The lowest BCUT2D eigenvalue weighted by Crippen LogP contribution is -2.26. The Morgan fingerprint density at radius 1 is 1.03 bits per heavy atom. The third kappa shape index (κ3) is 5.82. The second kappa shape index (κ2) is 10.7. The molecule has 0 saturated carbocycles. The third-order valence-corrected chi connectivity index (χ3v) is 5.40. The molecule has 3 aromatic rings. The Bertz CT molecular complexity index is 1040. The molecule has 32 heavy (non-hydrogen) atoms. The number of anilines is 2. The zero-order valence-electron chi connectivity index (χ0n) is 18.5. The molecule has 166 valence electrons. The average Bonchev–Trinajstić information content (AvgIpc) is 3.33. The lowest BCUT2D eigenvalue weighted by Gasteiger charge is -2.18. The van der Waals surface area contributed by atoms with Gasteiger partial charge in [0.2, 0.25) is 5.95 Å². The van der Waals surface area contributed by atoms with Gasteiger partial charge in [-0.15, -0.1) is 0 Å². The van der Waals surface area contributed by atoms with Gasteiger partial charge in [0.25, 0.3) is 0 Å². The lowest BCUT2D eigenvalue weighted by molar-refractivity contribution is 0.303. The van der Waals surface area contributed by atoms with E-state index in [9.17, 15) is 5.11 Å². The molecular weight excluding hydrogens is 400 g/mol. The molecule has 2 aromatic carbocycles. The van der Waals surface area contributed by atoms with Gasteiger partial charge in [0.1, 0.15) is 0 Å². The Labute approximate surface area is 189 Å². The van der Waals surface area contributed by atoms with E-state index in [1.54, 1.807) is 0 Å².